The Morgan fingerprint density at radius 3 is 2.37 bits per heavy atom. The zero-order valence-corrected chi connectivity index (χ0v) is 15.2. The second kappa shape index (κ2) is 5.98. The van der Waals surface area contributed by atoms with Gasteiger partial charge in [0.2, 0.25) is 5.91 Å². The van der Waals surface area contributed by atoms with E-state index in [2.05, 4.69) is 5.32 Å². The molecule has 2 aromatic rings. The third kappa shape index (κ3) is 2.68. The first-order valence-electron chi connectivity index (χ1n) is 9.80. The molecule has 4 saturated carbocycles. The first-order chi connectivity index (χ1) is 13.0. The Kier molecular flexibility index (Phi) is 3.67. The largest absolute Gasteiger partial charge is 0.451 e. The fourth-order valence-corrected chi connectivity index (χ4v) is 6.00. The molecule has 4 bridgehead atoms. The van der Waals surface area contributed by atoms with Gasteiger partial charge in [0, 0.05) is 17.0 Å². The van der Waals surface area contributed by atoms with Crippen LogP contribution in [0.25, 0.3) is 11.3 Å². The molecule has 140 valence electrons. The number of nitrogens with one attached hydrogen (secondary N) is 1. The van der Waals surface area contributed by atoms with Gasteiger partial charge in [0.25, 0.3) is 5.91 Å². The molecule has 2 amide bonds. The second-order valence-electron chi connectivity index (χ2n) is 8.64. The van der Waals surface area contributed by atoms with Gasteiger partial charge in [0.15, 0.2) is 5.76 Å². The number of hydrogen-bond acceptors (Lipinski definition) is 3. The molecule has 2 atom stereocenters. The molecule has 0 spiro atoms. The molecule has 1 heterocycles. The van der Waals surface area contributed by atoms with E-state index in [1.165, 1.54) is 0 Å². The summed E-state index contributed by atoms with van der Waals surface area (Å²) in [6, 6.07) is 13.4. The van der Waals surface area contributed by atoms with Gasteiger partial charge in [0.1, 0.15) is 5.76 Å². The topological polar surface area (TPSA) is 85.3 Å². The van der Waals surface area contributed by atoms with E-state index in [4.69, 9.17) is 10.2 Å². The van der Waals surface area contributed by atoms with Crippen LogP contribution in [-0.2, 0) is 4.79 Å². The minimum atomic E-state index is -0.330. The molecule has 3 N–H and O–H groups in total. The molecule has 2 unspecified atom stereocenters. The zero-order valence-electron chi connectivity index (χ0n) is 15.2. The van der Waals surface area contributed by atoms with E-state index < -0.39 is 0 Å². The minimum Gasteiger partial charge on any atom is -0.451 e. The number of nitrogens with two attached hydrogens (primary N) is 1. The number of furan rings is 1. The van der Waals surface area contributed by atoms with Crippen molar-refractivity contribution in [3.63, 3.8) is 0 Å². The van der Waals surface area contributed by atoms with Gasteiger partial charge in [-0.25, -0.2) is 0 Å². The predicted octanol–water partition coefficient (Wildman–Crippen LogP) is 3.36. The molecule has 1 aromatic heterocycles. The highest BCUT2D eigenvalue weighted by atomic mass is 16.3. The Morgan fingerprint density at radius 2 is 1.70 bits per heavy atom. The number of primary amides is 1. The molecule has 0 radical (unpaired) electrons. The van der Waals surface area contributed by atoms with Crippen molar-refractivity contribution in [1.29, 1.82) is 0 Å². The molecule has 5 heteroatoms. The van der Waals surface area contributed by atoms with E-state index in [1.807, 2.05) is 36.4 Å². The van der Waals surface area contributed by atoms with Gasteiger partial charge in [-0.05, 0) is 62.0 Å². The highest BCUT2D eigenvalue weighted by molar-refractivity contribution is 5.92. The fourth-order valence-electron chi connectivity index (χ4n) is 6.00. The maximum atomic E-state index is 12.8. The average molecular weight is 364 g/mol. The van der Waals surface area contributed by atoms with Crippen LogP contribution in [-0.4, -0.2) is 17.9 Å². The summed E-state index contributed by atoms with van der Waals surface area (Å²) >= 11 is 0. The van der Waals surface area contributed by atoms with Crippen LogP contribution in [0.15, 0.2) is 46.9 Å². The van der Waals surface area contributed by atoms with Crippen LogP contribution < -0.4 is 11.1 Å². The third-order valence-corrected chi connectivity index (χ3v) is 6.98. The van der Waals surface area contributed by atoms with Gasteiger partial charge in [-0.1, -0.05) is 30.3 Å². The Balaban J connectivity index is 1.33. The van der Waals surface area contributed by atoms with Gasteiger partial charge < -0.3 is 15.5 Å². The predicted molar refractivity (Wildman–Crippen MR) is 101 cm³/mol. The Labute approximate surface area is 158 Å². The van der Waals surface area contributed by atoms with Crippen molar-refractivity contribution in [2.24, 2.45) is 28.9 Å². The summed E-state index contributed by atoms with van der Waals surface area (Å²) in [7, 11) is 0. The quantitative estimate of drug-likeness (QED) is 0.872. The highest BCUT2D eigenvalue weighted by Crippen LogP contribution is 2.59. The number of carbonyl (C=O) groups is 2. The lowest BCUT2D eigenvalue weighted by Gasteiger charge is -2.58. The summed E-state index contributed by atoms with van der Waals surface area (Å²) in [4.78, 5) is 24.9. The van der Waals surface area contributed by atoms with Crippen LogP contribution in [0.4, 0.5) is 0 Å². The van der Waals surface area contributed by atoms with E-state index in [0.29, 0.717) is 29.3 Å². The van der Waals surface area contributed by atoms with Gasteiger partial charge >= 0.3 is 0 Å². The molecule has 4 aliphatic rings. The molecule has 5 nitrogen and oxygen atoms in total. The Morgan fingerprint density at radius 1 is 1.00 bits per heavy atom. The van der Waals surface area contributed by atoms with Crippen molar-refractivity contribution in [1.82, 2.24) is 5.32 Å². The normalized spacial score (nSPS) is 33.8. The van der Waals surface area contributed by atoms with Crippen LogP contribution in [0, 0.1) is 23.2 Å². The first-order valence-corrected chi connectivity index (χ1v) is 9.80. The van der Waals surface area contributed by atoms with E-state index in [9.17, 15) is 9.59 Å². The maximum Gasteiger partial charge on any atom is 0.287 e. The number of hydrogen-bond donors (Lipinski definition) is 2. The minimum absolute atomic E-state index is 0.117. The molecule has 0 saturated heterocycles. The summed E-state index contributed by atoms with van der Waals surface area (Å²) in [5, 5.41) is 3.21. The first kappa shape index (κ1) is 16.6. The molecular weight excluding hydrogens is 340 g/mol. The summed E-state index contributed by atoms with van der Waals surface area (Å²) in [5.74, 6) is 1.99. The Hall–Kier alpha value is -2.56. The lowest BCUT2D eigenvalue weighted by atomic mass is 9.47. The summed E-state index contributed by atoms with van der Waals surface area (Å²) in [6.07, 6.45) is 4.74. The monoisotopic (exact) mass is 364 g/mol. The van der Waals surface area contributed by atoms with E-state index in [1.54, 1.807) is 6.07 Å². The van der Waals surface area contributed by atoms with Gasteiger partial charge in [-0.2, -0.15) is 0 Å². The average Bonchev–Trinajstić information content (AvgIpc) is 3.15. The van der Waals surface area contributed by atoms with Crippen LogP contribution >= 0.6 is 0 Å². The highest BCUT2D eigenvalue weighted by Gasteiger charge is 2.58. The van der Waals surface area contributed by atoms with E-state index in [0.717, 1.165) is 37.7 Å². The van der Waals surface area contributed by atoms with E-state index >= 15 is 0 Å². The van der Waals surface area contributed by atoms with Crippen LogP contribution in [0.1, 0.15) is 42.7 Å². The Bertz CT molecular complexity index is 872. The summed E-state index contributed by atoms with van der Waals surface area (Å²) < 4.78 is 5.80. The fraction of sp³-hybridized carbons (Fsp3) is 0.455. The van der Waals surface area contributed by atoms with Crippen molar-refractivity contribution in [2.75, 3.05) is 0 Å². The lowest BCUT2D eigenvalue weighted by molar-refractivity contribution is -0.145. The van der Waals surface area contributed by atoms with Crippen LogP contribution in [0.3, 0.4) is 0 Å². The van der Waals surface area contributed by atoms with Crippen molar-refractivity contribution in [2.45, 2.75) is 38.1 Å². The SMILES string of the molecule is NC(=O)[C@]12CC3CC(C1)[C@@H](NC(=O)c1ccc(-c4ccccc4)o1)C(C3)C2. The smallest absolute Gasteiger partial charge is 0.287 e. The molecule has 6 rings (SSSR count). The molecule has 27 heavy (non-hydrogen) atoms. The van der Waals surface area contributed by atoms with E-state index in [-0.39, 0.29) is 23.3 Å². The number of benzene rings is 1. The molecule has 1 aromatic carbocycles. The standard InChI is InChI=1S/C22H24N2O3/c23-21(26)22-10-13-8-15(11-22)19(16(9-13)12-22)24-20(25)18-7-6-17(27-18)14-4-2-1-3-5-14/h1-7,13,15-16,19H,8-12H2,(H2,23,26)(H,24,25)/t13?,15?,16?,19-,22-. The van der Waals surface area contributed by atoms with Crippen molar-refractivity contribution in [3.05, 3.63) is 48.2 Å². The van der Waals surface area contributed by atoms with Gasteiger partial charge in [0.05, 0.1) is 0 Å². The number of amides is 2. The van der Waals surface area contributed by atoms with Crippen molar-refractivity contribution < 1.29 is 14.0 Å². The lowest BCUT2D eigenvalue weighted by Crippen LogP contribution is -2.62. The van der Waals surface area contributed by atoms with Crippen molar-refractivity contribution in [3.8, 4) is 11.3 Å². The second-order valence-corrected chi connectivity index (χ2v) is 8.64. The molecule has 0 aliphatic heterocycles. The number of carbonyl (C=O) groups excluding carboxylic acids is 2. The third-order valence-electron chi connectivity index (χ3n) is 6.98. The van der Waals surface area contributed by atoms with Crippen molar-refractivity contribution >= 4 is 11.8 Å². The van der Waals surface area contributed by atoms with Gasteiger partial charge in [-0.3, -0.25) is 9.59 Å². The molecular formula is C22H24N2O3. The maximum absolute atomic E-state index is 12.8. The zero-order chi connectivity index (χ0) is 18.6. The van der Waals surface area contributed by atoms with Crippen LogP contribution in [0.5, 0.6) is 0 Å². The molecule has 4 aliphatic carbocycles. The van der Waals surface area contributed by atoms with Crippen LogP contribution in [0.2, 0.25) is 0 Å². The van der Waals surface area contributed by atoms with Gasteiger partial charge in [-0.15, -0.1) is 0 Å². The summed E-state index contributed by atoms with van der Waals surface area (Å²) in [5.41, 5.74) is 6.37. The molecule has 4 fully saturated rings. The number of rotatable bonds is 4. The summed E-state index contributed by atoms with van der Waals surface area (Å²) in [6.45, 7) is 0.